The van der Waals surface area contributed by atoms with Crippen LogP contribution in [0.15, 0.2) is 53.4 Å². The Morgan fingerprint density at radius 3 is 2.12 bits per heavy atom. The van der Waals surface area contributed by atoms with Crippen LogP contribution in [0.1, 0.15) is 58.7 Å². The zero-order valence-corrected chi connectivity index (χ0v) is 20.6. The maximum absolute atomic E-state index is 13.9. The highest BCUT2D eigenvalue weighted by Gasteiger charge is 2.53. The van der Waals surface area contributed by atoms with Gasteiger partial charge in [0.2, 0.25) is 0 Å². The third-order valence-electron chi connectivity index (χ3n) is 6.78. The van der Waals surface area contributed by atoms with E-state index in [2.05, 4.69) is 6.92 Å². The van der Waals surface area contributed by atoms with Crippen molar-refractivity contribution in [1.29, 1.82) is 0 Å². The highest BCUT2D eigenvalue weighted by molar-refractivity contribution is 7.90. The molecule has 1 saturated heterocycles. The van der Waals surface area contributed by atoms with Crippen LogP contribution in [-0.4, -0.2) is 30.7 Å². The van der Waals surface area contributed by atoms with Crippen LogP contribution in [0.3, 0.4) is 0 Å². The summed E-state index contributed by atoms with van der Waals surface area (Å²) < 4.78 is 42.1. The van der Waals surface area contributed by atoms with Crippen LogP contribution in [0.4, 0.5) is 0 Å². The molecule has 0 amide bonds. The van der Waals surface area contributed by atoms with Crippen molar-refractivity contribution in [2.45, 2.75) is 76.9 Å². The molecule has 1 aromatic heterocycles. The van der Waals surface area contributed by atoms with Gasteiger partial charge in [0.25, 0.3) is 10.0 Å². The number of unbranched alkanes of at least 4 members (excludes halogenated alkanes) is 1. The van der Waals surface area contributed by atoms with E-state index in [1.165, 1.54) is 3.97 Å². The van der Waals surface area contributed by atoms with Gasteiger partial charge < -0.3 is 9.31 Å². The van der Waals surface area contributed by atoms with Crippen molar-refractivity contribution >= 4 is 33.5 Å². The normalized spacial score (nSPS) is 17.9. The largest absolute Gasteiger partial charge is 0.497 e. The summed E-state index contributed by atoms with van der Waals surface area (Å²) in [5, 5.41) is 0.854. The molecule has 0 spiro atoms. The summed E-state index contributed by atoms with van der Waals surface area (Å²) in [4.78, 5) is 0.280. The monoisotopic (exact) mass is 453 g/mol. The van der Waals surface area contributed by atoms with Crippen molar-refractivity contribution in [3.63, 3.8) is 0 Å². The summed E-state index contributed by atoms with van der Waals surface area (Å²) in [6.45, 7) is 12.1. The predicted octanol–water partition coefficient (Wildman–Crippen LogP) is 4.83. The van der Waals surface area contributed by atoms with E-state index in [0.29, 0.717) is 11.9 Å². The first-order valence-corrected chi connectivity index (χ1v) is 12.7. The third kappa shape index (κ3) is 3.70. The molecular formula is C25H32BNO4S. The minimum absolute atomic E-state index is 0.280. The third-order valence-corrected chi connectivity index (χ3v) is 8.55. The molecule has 0 saturated carbocycles. The van der Waals surface area contributed by atoms with Crippen LogP contribution < -0.4 is 5.46 Å². The van der Waals surface area contributed by atoms with Crippen LogP contribution >= 0.6 is 0 Å². The van der Waals surface area contributed by atoms with Crippen LogP contribution in [-0.2, 0) is 25.8 Å². The lowest BCUT2D eigenvalue weighted by atomic mass is 9.76. The molecule has 32 heavy (non-hydrogen) atoms. The Hall–Kier alpha value is -2.09. The van der Waals surface area contributed by atoms with Gasteiger partial charge in [0.15, 0.2) is 0 Å². The highest BCUT2D eigenvalue weighted by atomic mass is 32.2. The molecular weight excluding hydrogens is 421 g/mol. The molecule has 0 atom stereocenters. The second kappa shape index (κ2) is 8.05. The molecule has 5 nitrogen and oxygen atoms in total. The van der Waals surface area contributed by atoms with Gasteiger partial charge in [-0.1, -0.05) is 49.2 Å². The van der Waals surface area contributed by atoms with Crippen molar-refractivity contribution in [3.8, 4) is 0 Å². The fourth-order valence-electron chi connectivity index (χ4n) is 4.18. The number of fused-ring (bicyclic) bond motifs is 1. The fraction of sp³-hybridized carbons (Fsp3) is 0.440. The van der Waals surface area contributed by atoms with E-state index < -0.39 is 28.3 Å². The summed E-state index contributed by atoms with van der Waals surface area (Å²) in [6.07, 6.45) is 2.44. The van der Waals surface area contributed by atoms with Gasteiger partial charge in [-0.15, -0.1) is 0 Å². The van der Waals surface area contributed by atoms with E-state index in [0.717, 1.165) is 34.9 Å². The highest BCUT2D eigenvalue weighted by Crippen LogP contribution is 2.38. The number of aryl methyl sites for hydroxylation is 1. The number of para-hydroxylation sites is 1. The topological polar surface area (TPSA) is 57.5 Å². The Bertz CT molecular complexity index is 1230. The first-order valence-electron chi connectivity index (χ1n) is 11.3. The smallest absolute Gasteiger partial charge is 0.399 e. The van der Waals surface area contributed by atoms with Crippen LogP contribution in [0, 0.1) is 6.92 Å². The molecule has 2 aromatic carbocycles. The summed E-state index contributed by atoms with van der Waals surface area (Å²) in [7, 11) is -4.44. The van der Waals surface area contributed by atoms with Gasteiger partial charge in [0, 0.05) is 16.5 Å². The average molecular weight is 453 g/mol. The lowest BCUT2D eigenvalue weighted by molar-refractivity contribution is 0.00578. The molecule has 0 N–H and O–H groups in total. The molecule has 0 aliphatic carbocycles. The molecule has 0 radical (unpaired) electrons. The zero-order valence-electron chi connectivity index (χ0n) is 19.8. The SMILES string of the molecule is CCCCc1c(B2OC(C)(C)C(C)(C)O2)c2ccccc2n1S(=O)(=O)c1ccc(C)cc1. The molecule has 170 valence electrons. The van der Waals surface area contributed by atoms with Gasteiger partial charge in [0.05, 0.1) is 21.6 Å². The van der Waals surface area contributed by atoms with Crippen LogP contribution in [0.2, 0.25) is 0 Å². The number of hydrogen-bond acceptors (Lipinski definition) is 4. The minimum Gasteiger partial charge on any atom is -0.399 e. The number of hydrogen-bond donors (Lipinski definition) is 0. The summed E-state index contributed by atoms with van der Waals surface area (Å²) >= 11 is 0. The van der Waals surface area contributed by atoms with Gasteiger partial charge in [-0.25, -0.2) is 12.4 Å². The minimum atomic E-state index is -3.80. The van der Waals surface area contributed by atoms with Crippen molar-refractivity contribution in [2.24, 2.45) is 0 Å². The maximum atomic E-state index is 13.9. The standard InChI is InChI=1S/C25H32BNO4S/c1-7-8-12-22-23(26-30-24(3,4)25(5,6)31-26)20-11-9-10-13-21(20)27(22)32(28,29)19-16-14-18(2)15-17-19/h9-11,13-17H,7-8,12H2,1-6H3. The van der Waals surface area contributed by atoms with E-state index in [9.17, 15) is 8.42 Å². The number of nitrogens with zero attached hydrogens (tertiary/aromatic N) is 1. The Morgan fingerprint density at radius 2 is 1.53 bits per heavy atom. The van der Waals surface area contributed by atoms with Crippen LogP contribution in [0.5, 0.6) is 0 Å². The Kier molecular flexibility index (Phi) is 5.81. The fourth-order valence-corrected chi connectivity index (χ4v) is 5.77. The van der Waals surface area contributed by atoms with Gasteiger partial charge in [-0.2, -0.15) is 0 Å². The first-order chi connectivity index (χ1) is 15.0. The molecule has 0 unspecified atom stereocenters. The molecule has 1 aliphatic rings. The van der Waals surface area contributed by atoms with E-state index in [1.807, 2.05) is 71.0 Å². The van der Waals surface area contributed by atoms with E-state index in [4.69, 9.17) is 9.31 Å². The Morgan fingerprint density at radius 1 is 0.938 bits per heavy atom. The predicted molar refractivity (Wildman–Crippen MR) is 130 cm³/mol. The van der Waals surface area contributed by atoms with Gasteiger partial charge >= 0.3 is 7.12 Å². The Labute approximate surface area is 191 Å². The van der Waals surface area contributed by atoms with Gasteiger partial charge in [-0.05, 0) is 65.7 Å². The summed E-state index contributed by atoms with van der Waals surface area (Å²) in [6, 6.07) is 14.7. The van der Waals surface area contributed by atoms with E-state index in [1.54, 1.807) is 12.1 Å². The zero-order chi connectivity index (χ0) is 23.3. The number of rotatable bonds is 6. The maximum Gasteiger partial charge on any atom is 0.497 e. The molecule has 1 fully saturated rings. The molecule has 0 bridgehead atoms. The quantitative estimate of drug-likeness (QED) is 0.502. The number of aromatic nitrogens is 1. The van der Waals surface area contributed by atoms with Crippen LogP contribution in [0.25, 0.3) is 10.9 Å². The van der Waals surface area contributed by atoms with E-state index in [-0.39, 0.29) is 4.90 Å². The number of benzene rings is 2. The van der Waals surface area contributed by atoms with Crippen molar-refractivity contribution < 1.29 is 17.7 Å². The lowest BCUT2D eigenvalue weighted by Gasteiger charge is -2.32. The van der Waals surface area contributed by atoms with Crippen molar-refractivity contribution in [3.05, 3.63) is 59.8 Å². The molecule has 4 rings (SSSR count). The first kappa shape index (κ1) is 23.1. The van der Waals surface area contributed by atoms with Gasteiger partial charge in [-0.3, -0.25) is 0 Å². The molecule has 3 aromatic rings. The van der Waals surface area contributed by atoms with Crippen molar-refractivity contribution in [2.75, 3.05) is 0 Å². The summed E-state index contributed by atoms with van der Waals surface area (Å²) in [5.41, 5.74) is 2.21. The average Bonchev–Trinajstić information content (AvgIpc) is 3.16. The second-order valence-corrected chi connectivity index (χ2v) is 11.4. The Balaban J connectivity index is 1.99. The summed E-state index contributed by atoms with van der Waals surface area (Å²) in [5.74, 6) is 0. The van der Waals surface area contributed by atoms with E-state index >= 15 is 0 Å². The lowest BCUT2D eigenvalue weighted by Crippen LogP contribution is -2.41. The molecule has 1 aliphatic heterocycles. The second-order valence-electron chi connectivity index (χ2n) is 9.65. The molecule has 2 heterocycles. The van der Waals surface area contributed by atoms with Crippen molar-refractivity contribution in [1.82, 2.24) is 3.97 Å². The van der Waals surface area contributed by atoms with Gasteiger partial charge in [0.1, 0.15) is 0 Å². The molecule has 7 heteroatoms.